The highest BCUT2D eigenvalue weighted by Gasteiger charge is 2.17. The van der Waals surface area contributed by atoms with Crippen molar-refractivity contribution in [2.45, 2.75) is 13.0 Å². The van der Waals surface area contributed by atoms with Gasteiger partial charge in [-0.15, -0.1) is 0 Å². The highest BCUT2D eigenvalue weighted by molar-refractivity contribution is 5.39. The van der Waals surface area contributed by atoms with Crippen molar-refractivity contribution in [3.05, 3.63) is 47.3 Å². The number of H-pyrrole nitrogens is 1. The molecule has 0 saturated carbocycles. The largest absolute Gasteiger partial charge is 0.496 e. The van der Waals surface area contributed by atoms with Crippen LogP contribution in [0, 0.1) is 12.7 Å². The summed E-state index contributed by atoms with van der Waals surface area (Å²) in [5.74, 6) is 0.791. The van der Waals surface area contributed by atoms with Gasteiger partial charge >= 0.3 is 0 Å². The molecular formula is C12H14FN3O. The Morgan fingerprint density at radius 1 is 1.47 bits per heavy atom. The summed E-state index contributed by atoms with van der Waals surface area (Å²) in [6, 6.07) is 3.72. The molecule has 0 aliphatic carbocycles. The maximum atomic E-state index is 13.2. The number of methoxy groups -OCH3 is 1. The highest BCUT2D eigenvalue weighted by atomic mass is 19.1. The topological polar surface area (TPSA) is 63.9 Å². The number of nitrogens with zero attached hydrogens (tertiary/aromatic N) is 1. The molecular weight excluding hydrogens is 221 g/mol. The predicted octanol–water partition coefficient (Wildman–Crippen LogP) is 1.91. The average molecular weight is 235 g/mol. The van der Waals surface area contributed by atoms with Gasteiger partial charge in [0.05, 0.1) is 18.8 Å². The van der Waals surface area contributed by atoms with E-state index in [0.717, 1.165) is 5.69 Å². The van der Waals surface area contributed by atoms with Crippen LogP contribution in [-0.4, -0.2) is 17.1 Å². The number of hydrogen-bond donors (Lipinski definition) is 2. The zero-order valence-corrected chi connectivity index (χ0v) is 9.70. The van der Waals surface area contributed by atoms with Crippen LogP contribution in [0.1, 0.15) is 23.1 Å². The molecule has 17 heavy (non-hydrogen) atoms. The van der Waals surface area contributed by atoms with Crippen molar-refractivity contribution in [2.24, 2.45) is 5.73 Å². The molecule has 0 spiro atoms. The van der Waals surface area contributed by atoms with Crippen molar-refractivity contribution < 1.29 is 9.13 Å². The summed E-state index contributed by atoms with van der Waals surface area (Å²) in [6.45, 7) is 1.86. The van der Waals surface area contributed by atoms with Gasteiger partial charge in [0.15, 0.2) is 0 Å². The first-order valence-corrected chi connectivity index (χ1v) is 5.22. The van der Waals surface area contributed by atoms with Crippen LogP contribution in [0.3, 0.4) is 0 Å². The molecule has 2 rings (SSSR count). The Balaban J connectivity index is 2.42. The van der Waals surface area contributed by atoms with E-state index in [1.807, 2.05) is 6.92 Å². The van der Waals surface area contributed by atoms with Gasteiger partial charge in [0.25, 0.3) is 0 Å². The summed E-state index contributed by atoms with van der Waals surface area (Å²) in [4.78, 5) is 7.19. The third-order valence-electron chi connectivity index (χ3n) is 2.55. The number of benzene rings is 1. The molecule has 5 heteroatoms. The zero-order valence-electron chi connectivity index (χ0n) is 9.70. The smallest absolute Gasteiger partial charge is 0.128 e. The Hall–Kier alpha value is -1.88. The van der Waals surface area contributed by atoms with Gasteiger partial charge in [-0.05, 0) is 25.1 Å². The molecule has 0 bridgehead atoms. The van der Waals surface area contributed by atoms with E-state index in [9.17, 15) is 4.39 Å². The van der Waals surface area contributed by atoms with Crippen LogP contribution in [0.15, 0.2) is 24.4 Å². The lowest BCUT2D eigenvalue weighted by atomic mass is 10.1. The number of aromatic amines is 1. The number of nitrogens with one attached hydrogen (secondary N) is 1. The first kappa shape index (κ1) is 11.6. The lowest BCUT2D eigenvalue weighted by molar-refractivity contribution is 0.406. The van der Waals surface area contributed by atoms with Crippen LogP contribution in [0.2, 0.25) is 0 Å². The summed E-state index contributed by atoms with van der Waals surface area (Å²) in [5.41, 5.74) is 7.44. The molecule has 1 atom stereocenters. The van der Waals surface area contributed by atoms with Crippen molar-refractivity contribution in [3.63, 3.8) is 0 Å². The Bertz CT molecular complexity index is 524. The Kier molecular flexibility index (Phi) is 3.10. The van der Waals surface area contributed by atoms with Gasteiger partial charge < -0.3 is 15.5 Å². The van der Waals surface area contributed by atoms with Crippen LogP contribution in [0.5, 0.6) is 5.75 Å². The zero-order chi connectivity index (χ0) is 12.4. The standard InChI is InChI=1S/C12H14FN3O/c1-7-6-15-12(16-7)11(14)9-5-8(13)3-4-10(9)17-2/h3-6,11H,14H2,1-2H3,(H,15,16). The molecule has 2 aromatic rings. The number of rotatable bonds is 3. The van der Waals surface area contributed by atoms with E-state index in [2.05, 4.69) is 9.97 Å². The van der Waals surface area contributed by atoms with E-state index in [1.165, 1.54) is 19.2 Å². The molecule has 0 aliphatic rings. The van der Waals surface area contributed by atoms with Crippen LogP contribution in [-0.2, 0) is 0 Å². The van der Waals surface area contributed by atoms with Crippen molar-refractivity contribution in [1.29, 1.82) is 0 Å². The van der Waals surface area contributed by atoms with Crippen molar-refractivity contribution >= 4 is 0 Å². The minimum Gasteiger partial charge on any atom is -0.496 e. The van der Waals surface area contributed by atoms with E-state index < -0.39 is 6.04 Å². The number of imidazole rings is 1. The number of hydrogen-bond acceptors (Lipinski definition) is 3. The molecule has 1 aromatic carbocycles. The second-order valence-electron chi connectivity index (χ2n) is 3.79. The second kappa shape index (κ2) is 4.55. The van der Waals surface area contributed by atoms with Gasteiger partial charge in [-0.25, -0.2) is 9.37 Å². The number of nitrogens with two attached hydrogens (primary N) is 1. The van der Waals surface area contributed by atoms with Crippen LogP contribution >= 0.6 is 0 Å². The van der Waals surface area contributed by atoms with Crippen molar-refractivity contribution in [3.8, 4) is 5.75 Å². The first-order valence-electron chi connectivity index (χ1n) is 5.22. The fraction of sp³-hybridized carbons (Fsp3) is 0.250. The SMILES string of the molecule is COc1ccc(F)cc1C(N)c1nc(C)c[nH]1. The van der Waals surface area contributed by atoms with E-state index >= 15 is 0 Å². The van der Waals surface area contributed by atoms with Gasteiger partial charge in [0.2, 0.25) is 0 Å². The van der Waals surface area contributed by atoms with Crippen LogP contribution < -0.4 is 10.5 Å². The number of ether oxygens (including phenoxy) is 1. The monoisotopic (exact) mass is 235 g/mol. The minimum absolute atomic E-state index is 0.348. The molecule has 0 amide bonds. The molecule has 4 nitrogen and oxygen atoms in total. The second-order valence-corrected chi connectivity index (χ2v) is 3.79. The molecule has 1 heterocycles. The molecule has 90 valence electrons. The van der Waals surface area contributed by atoms with Crippen LogP contribution in [0.25, 0.3) is 0 Å². The average Bonchev–Trinajstić information content (AvgIpc) is 2.75. The van der Waals surface area contributed by atoms with E-state index in [-0.39, 0.29) is 5.82 Å². The summed E-state index contributed by atoms with van der Waals surface area (Å²) in [7, 11) is 1.52. The molecule has 3 N–H and O–H groups in total. The summed E-state index contributed by atoms with van der Waals surface area (Å²) < 4.78 is 18.4. The van der Waals surface area contributed by atoms with Crippen molar-refractivity contribution in [1.82, 2.24) is 9.97 Å². The highest BCUT2D eigenvalue weighted by Crippen LogP contribution is 2.27. The Labute approximate surface area is 98.6 Å². The lowest BCUT2D eigenvalue weighted by Gasteiger charge is -2.13. The fourth-order valence-electron chi connectivity index (χ4n) is 1.69. The maximum Gasteiger partial charge on any atom is 0.128 e. The number of halogens is 1. The van der Waals surface area contributed by atoms with Gasteiger partial charge in [0, 0.05) is 11.8 Å². The van der Waals surface area contributed by atoms with Crippen molar-refractivity contribution in [2.75, 3.05) is 7.11 Å². The van der Waals surface area contributed by atoms with Gasteiger partial charge in [-0.2, -0.15) is 0 Å². The fourth-order valence-corrected chi connectivity index (χ4v) is 1.69. The molecule has 0 radical (unpaired) electrons. The molecule has 0 saturated heterocycles. The Morgan fingerprint density at radius 2 is 2.24 bits per heavy atom. The molecule has 1 aromatic heterocycles. The van der Waals surface area contributed by atoms with E-state index in [4.69, 9.17) is 10.5 Å². The van der Waals surface area contributed by atoms with E-state index in [1.54, 1.807) is 12.3 Å². The lowest BCUT2D eigenvalue weighted by Crippen LogP contribution is -2.15. The first-order chi connectivity index (χ1) is 8.11. The predicted molar refractivity (Wildman–Crippen MR) is 62.3 cm³/mol. The van der Waals surface area contributed by atoms with Crippen LogP contribution in [0.4, 0.5) is 4.39 Å². The summed E-state index contributed by atoms with van der Waals surface area (Å²) >= 11 is 0. The maximum absolute atomic E-state index is 13.2. The summed E-state index contributed by atoms with van der Waals surface area (Å²) in [5, 5.41) is 0. The Morgan fingerprint density at radius 3 is 2.82 bits per heavy atom. The number of aromatic nitrogens is 2. The number of aryl methyl sites for hydroxylation is 1. The van der Waals surface area contributed by atoms with Gasteiger partial charge in [-0.3, -0.25) is 0 Å². The summed E-state index contributed by atoms with van der Waals surface area (Å²) in [6.07, 6.45) is 1.75. The van der Waals surface area contributed by atoms with E-state index in [0.29, 0.717) is 17.1 Å². The third kappa shape index (κ3) is 2.29. The normalized spacial score (nSPS) is 12.5. The third-order valence-corrected chi connectivity index (χ3v) is 2.55. The quantitative estimate of drug-likeness (QED) is 0.854. The van der Waals surface area contributed by atoms with Gasteiger partial charge in [-0.1, -0.05) is 0 Å². The molecule has 1 unspecified atom stereocenters. The van der Waals surface area contributed by atoms with Gasteiger partial charge in [0.1, 0.15) is 17.4 Å². The molecule has 0 fully saturated rings. The minimum atomic E-state index is -0.533. The molecule has 0 aliphatic heterocycles.